The minimum absolute atomic E-state index is 0.415. The van der Waals surface area contributed by atoms with E-state index in [9.17, 15) is 8.42 Å². The van der Waals surface area contributed by atoms with Gasteiger partial charge in [0.15, 0.2) is 5.75 Å². The van der Waals surface area contributed by atoms with Crippen molar-refractivity contribution in [1.82, 2.24) is 0 Å². The van der Waals surface area contributed by atoms with E-state index in [0.29, 0.717) is 16.9 Å². The first-order valence-corrected chi connectivity index (χ1v) is 6.25. The fourth-order valence-electron chi connectivity index (χ4n) is 1.26. The van der Waals surface area contributed by atoms with Gasteiger partial charge in [-0.3, -0.25) is 4.72 Å². The minimum Gasteiger partial charge on any atom is -0.398 e. The van der Waals surface area contributed by atoms with Crippen LogP contribution in [0.3, 0.4) is 0 Å². The van der Waals surface area contributed by atoms with Gasteiger partial charge in [-0.2, -0.15) is 5.26 Å². The Kier molecular flexibility index (Phi) is 3.40. The van der Waals surface area contributed by atoms with Gasteiger partial charge in [-0.05, 0) is 31.0 Å². The van der Waals surface area contributed by atoms with E-state index in [1.54, 1.807) is 25.1 Å². The highest BCUT2D eigenvalue weighted by atomic mass is 32.2. The summed E-state index contributed by atoms with van der Waals surface area (Å²) in [6, 6.07) is 4.96. The largest absolute Gasteiger partial charge is 0.398 e. The summed E-state index contributed by atoms with van der Waals surface area (Å²) in [5, 5.41) is 8.35. The monoisotopic (exact) mass is 239 g/mol. The summed E-state index contributed by atoms with van der Waals surface area (Å²) in [6.07, 6.45) is 0. The Hall–Kier alpha value is -1.74. The molecule has 6 heteroatoms. The Morgan fingerprint density at radius 3 is 2.62 bits per heavy atom. The normalized spacial score (nSPS) is 10.8. The summed E-state index contributed by atoms with van der Waals surface area (Å²) in [4.78, 5) is 0. The molecule has 0 aromatic heterocycles. The second kappa shape index (κ2) is 4.41. The zero-order chi connectivity index (χ0) is 12.3. The maximum atomic E-state index is 11.4. The standard InChI is InChI=1S/C10H13N3O2S/c1-7-3-4-9(8(2)10(7)12)13-16(14,15)6-5-11/h3-4,13H,6,12H2,1-2H3. The smallest absolute Gasteiger partial charge is 0.246 e. The van der Waals surface area contributed by atoms with Crippen LogP contribution in [0, 0.1) is 25.2 Å². The van der Waals surface area contributed by atoms with E-state index < -0.39 is 15.8 Å². The zero-order valence-corrected chi connectivity index (χ0v) is 9.93. The number of rotatable bonds is 3. The molecule has 0 saturated carbocycles. The van der Waals surface area contributed by atoms with Crippen LogP contribution in [0.15, 0.2) is 12.1 Å². The Morgan fingerprint density at radius 1 is 1.44 bits per heavy atom. The van der Waals surface area contributed by atoms with Crippen molar-refractivity contribution in [1.29, 1.82) is 5.26 Å². The Morgan fingerprint density at radius 2 is 2.06 bits per heavy atom. The number of aryl methyl sites for hydroxylation is 1. The van der Waals surface area contributed by atoms with E-state index in [0.717, 1.165) is 5.56 Å². The summed E-state index contributed by atoms with van der Waals surface area (Å²) in [7, 11) is -3.60. The molecule has 1 rings (SSSR count). The number of nitrogens with zero attached hydrogens (tertiary/aromatic N) is 1. The van der Waals surface area contributed by atoms with Crippen molar-refractivity contribution in [2.24, 2.45) is 0 Å². The third kappa shape index (κ3) is 2.64. The van der Waals surface area contributed by atoms with Crippen molar-refractivity contribution >= 4 is 21.4 Å². The average molecular weight is 239 g/mol. The molecule has 0 spiro atoms. The molecule has 0 aliphatic rings. The topological polar surface area (TPSA) is 96.0 Å². The van der Waals surface area contributed by atoms with E-state index in [1.807, 2.05) is 6.92 Å². The molecule has 0 fully saturated rings. The summed E-state index contributed by atoms with van der Waals surface area (Å²) >= 11 is 0. The average Bonchev–Trinajstić information content (AvgIpc) is 2.19. The first-order valence-electron chi connectivity index (χ1n) is 4.60. The van der Waals surface area contributed by atoms with Gasteiger partial charge < -0.3 is 5.73 Å². The molecule has 0 amide bonds. The molecule has 0 aliphatic heterocycles. The van der Waals surface area contributed by atoms with Gasteiger partial charge in [-0.1, -0.05) is 6.07 Å². The van der Waals surface area contributed by atoms with Gasteiger partial charge >= 0.3 is 0 Å². The maximum absolute atomic E-state index is 11.4. The summed E-state index contributed by atoms with van der Waals surface area (Å²) in [6.45, 7) is 3.57. The lowest BCUT2D eigenvalue weighted by Crippen LogP contribution is -2.16. The van der Waals surface area contributed by atoms with Crippen LogP contribution < -0.4 is 10.5 Å². The molecule has 0 bridgehead atoms. The van der Waals surface area contributed by atoms with Crippen molar-refractivity contribution < 1.29 is 8.42 Å². The molecule has 0 saturated heterocycles. The van der Waals surface area contributed by atoms with Crippen molar-refractivity contribution in [3.8, 4) is 6.07 Å². The van der Waals surface area contributed by atoms with Gasteiger partial charge in [0.2, 0.25) is 10.0 Å². The molecular formula is C10H13N3O2S. The molecule has 0 heterocycles. The third-order valence-corrected chi connectivity index (χ3v) is 3.29. The number of hydrogen-bond donors (Lipinski definition) is 2. The molecule has 1 aromatic rings. The van der Waals surface area contributed by atoms with Gasteiger partial charge in [0.1, 0.15) is 0 Å². The molecule has 0 unspecified atom stereocenters. The molecule has 0 aliphatic carbocycles. The number of sulfonamides is 1. The van der Waals surface area contributed by atoms with Gasteiger partial charge in [-0.15, -0.1) is 0 Å². The van der Waals surface area contributed by atoms with Crippen LogP contribution in [0.1, 0.15) is 11.1 Å². The highest BCUT2D eigenvalue weighted by Gasteiger charge is 2.12. The van der Waals surface area contributed by atoms with E-state index >= 15 is 0 Å². The van der Waals surface area contributed by atoms with E-state index in [1.165, 1.54) is 0 Å². The highest BCUT2D eigenvalue weighted by molar-refractivity contribution is 7.92. The molecule has 0 atom stereocenters. The van der Waals surface area contributed by atoms with Crippen molar-refractivity contribution in [2.75, 3.05) is 16.2 Å². The molecule has 3 N–H and O–H groups in total. The lowest BCUT2D eigenvalue weighted by atomic mass is 10.1. The van der Waals surface area contributed by atoms with Crippen LogP contribution in [-0.2, 0) is 10.0 Å². The SMILES string of the molecule is Cc1ccc(NS(=O)(=O)CC#N)c(C)c1N. The van der Waals surface area contributed by atoms with Gasteiger partial charge in [-0.25, -0.2) is 8.42 Å². The van der Waals surface area contributed by atoms with Crippen LogP contribution in [-0.4, -0.2) is 14.2 Å². The van der Waals surface area contributed by atoms with Crippen molar-refractivity contribution in [3.63, 3.8) is 0 Å². The second-order valence-corrected chi connectivity index (χ2v) is 5.21. The number of benzene rings is 1. The molecule has 86 valence electrons. The lowest BCUT2D eigenvalue weighted by molar-refractivity contribution is 0.604. The first kappa shape index (κ1) is 12.3. The van der Waals surface area contributed by atoms with Crippen LogP contribution in [0.5, 0.6) is 0 Å². The summed E-state index contributed by atoms with van der Waals surface area (Å²) in [5.41, 5.74) is 8.30. The highest BCUT2D eigenvalue weighted by Crippen LogP contribution is 2.25. The predicted octanol–water partition coefficient (Wildman–Crippen LogP) is 1.15. The fourth-order valence-corrected chi connectivity index (χ4v) is 2.06. The fraction of sp³-hybridized carbons (Fsp3) is 0.300. The quantitative estimate of drug-likeness (QED) is 0.773. The first-order chi connectivity index (χ1) is 7.37. The van der Waals surface area contributed by atoms with E-state index in [4.69, 9.17) is 11.0 Å². The zero-order valence-electron chi connectivity index (χ0n) is 9.11. The number of nitrogens with one attached hydrogen (secondary N) is 1. The number of nitrogens with two attached hydrogens (primary N) is 1. The van der Waals surface area contributed by atoms with Crippen LogP contribution in [0.2, 0.25) is 0 Å². The third-order valence-electron chi connectivity index (χ3n) is 2.25. The number of hydrogen-bond acceptors (Lipinski definition) is 4. The van der Waals surface area contributed by atoms with Gasteiger partial charge in [0, 0.05) is 5.69 Å². The maximum Gasteiger partial charge on any atom is 0.246 e. The Bertz CT molecular complexity index is 544. The summed E-state index contributed by atoms with van der Waals surface area (Å²) < 4.78 is 25.1. The summed E-state index contributed by atoms with van der Waals surface area (Å²) in [5.74, 6) is -0.569. The van der Waals surface area contributed by atoms with E-state index in [2.05, 4.69) is 4.72 Å². The second-order valence-electron chi connectivity index (χ2n) is 3.49. The molecule has 16 heavy (non-hydrogen) atoms. The molecule has 0 radical (unpaired) electrons. The predicted molar refractivity (Wildman–Crippen MR) is 63.4 cm³/mol. The number of anilines is 2. The van der Waals surface area contributed by atoms with Gasteiger partial charge in [0.05, 0.1) is 11.8 Å². The molecule has 1 aromatic carbocycles. The Balaban J connectivity index is 3.10. The van der Waals surface area contributed by atoms with Crippen molar-refractivity contribution in [2.45, 2.75) is 13.8 Å². The molecule has 5 nitrogen and oxygen atoms in total. The Labute approximate surface area is 94.9 Å². The van der Waals surface area contributed by atoms with Crippen molar-refractivity contribution in [3.05, 3.63) is 23.3 Å². The van der Waals surface area contributed by atoms with Crippen LogP contribution in [0.4, 0.5) is 11.4 Å². The van der Waals surface area contributed by atoms with Crippen LogP contribution in [0.25, 0.3) is 0 Å². The number of nitriles is 1. The van der Waals surface area contributed by atoms with Gasteiger partial charge in [0.25, 0.3) is 0 Å². The lowest BCUT2D eigenvalue weighted by Gasteiger charge is -2.12. The minimum atomic E-state index is -3.60. The molecular weight excluding hydrogens is 226 g/mol. The van der Waals surface area contributed by atoms with E-state index in [-0.39, 0.29) is 0 Å². The van der Waals surface area contributed by atoms with Crippen LogP contribution >= 0.6 is 0 Å². The number of nitrogen functional groups attached to an aromatic ring is 1.